The molecule has 4 aromatic carbocycles. The van der Waals surface area contributed by atoms with Gasteiger partial charge < -0.3 is 0 Å². The van der Waals surface area contributed by atoms with Crippen LogP contribution >= 0.6 is 0 Å². The number of aliphatic imine (C=N–C) groups is 1. The van der Waals surface area contributed by atoms with E-state index in [1.165, 1.54) is 0 Å². The highest BCUT2D eigenvalue weighted by Crippen LogP contribution is 2.22. The molecule has 0 saturated heterocycles. The number of fused-ring (bicyclic) bond motifs is 1. The summed E-state index contributed by atoms with van der Waals surface area (Å²) in [5.74, 6) is -0.239. The lowest BCUT2D eigenvalue weighted by molar-refractivity contribution is 0.100. The van der Waals surface area contributed by atoms with Crippen molar-refractivity contribution in [2.24, 2.45) is 4.99 Å². The SMILES string of the molecule is O=C(N=C(c1ccccc1)c1cccc2ccccc12)c1ccccc1. The molecule has 0 unspecified atom stereocenters. The summed E-state index contributed by atoms with van der Waals surface area (Å²) in [6.45, 7) is 0. The number of hydrogen-bond donors (Lipinski definition) is 0. The second kappa shape index (κ2) is 7.16. The van der Waals surface area contributed by atoms with Gasteiger partial charge in [-0.25, -0.2) is 4.99 Å². The molecular weight excluding hydrogens is 318 g/mol. The van der Waals surface area contributed by atoms with E-state index in [-0.39, 0.29) is 5.91 Å². The molecule has 0 atom stereocenters. The molecule has 0 aromatic heterocycles. The van der Waals surface area contributed by atoms with Gasteiger partial charge in [-0.1, -0.05) is 91.0 Å². The van der Waals surface area contributed by atoms with Crippen molar-refractivity contribution in [1.82, 2.24) is 0 Å². The molecule has 0 aliphatic heterocycles. The molecule has 0 aliphatic carbocycles. The van der Waals surface area contributed by atoms with Crippen LogP contribution in [0.5, 0.6) is 0 Å². The Morgan fingerprint density at radius 3 is 1.88 bits per heavy atom. The Labute approximate surface area is 152 Å². The normalized spacial score (nSPS) is 11.5. The average Bonchev–Trinajstić information content (AvgIpc) is 2.73. The van der Waals surface area contributed by atoms with Crippen LogP contribution in [0, 0.1) is 0 Å². The van der Waals surface area contributed by atoms with E-state index in [4.69, 9.17) is 0 Å². The highest BCUT2D eigenvalue weighted by molar-refractivity contribution is 6.23. The van der Waals surface area contributed by atoms with E-state index in [1.807, 2.05) is 72.8 Å². The highest BCUT2D eigenvalue weighted by Gasteiger charge is 2.13. The van der Waals surface area contributed by atoms with Gasteiger partial charge in [0, 0.05) is 16.7 Å². The molecule has 4 rings (SSSR count). The van der Waals surface area contributed by atoms with Crippen LogP contribution in [0.25, 0.3) is 10.8 Å². The standard InChI is InChI=1S/C24H17NO/c26-24(20-13-5-2-6-14-20)25-23(19-11-3-1-4-12-19)22-17-9-15-18-10-7-8-16-21(18)22/h1-17H. The molecule has 2 nitrogen and oxygen atoms in total. The lowest BCUT2D eigenvalue weighted by atomic mass is 9.96. The molecule has 2 heteroatoms. The first-order valence-corrected chi connectivity index (χ1v) is 8.54. The summed E-state index contributed by atoms with van der Waals surface area (Å²) < 4.78 is 0. The molecule has 0 fully saturated rings. The molecule has 4 aromatic rings. The average molecular weight is 335 g/mol. The summed E-state index contributed by atoms with van der Waals surface area (Å²) in [7, 11) is 0. The van der Waals surface area contributed by atoms with Crippen LogP contribution in [0.15, 0.2) is 108 Å². The van der Waals surface area contributed by atoms with Crippen LogP contribution in [0.2, 0.25) is 0 Å². The van der Waals surface area contributed by atoms with E-state index < -0.39 is 0 Å². The van der Waals surface area contributed by atoms with Crippen molar-refractivity contribution >= 4 is 22.4 Å². The third-order valence-corrected chi connectivity index (χ3v) is 4.33. The van der Waals surface area contributed by atoms with Crippen LogP contribution in [0.3, 0.4) is 0 Å². The van der Waals surface area contributed by atoms with Crippen molar-refractivity contribution < 1.29 is 4.79 Å². The summed E-state index contributed by atoms with van der Waals surface area (Å²) in [5.41, 5.74) is 3.16. The van der Waals surface area contributed by atoms with Crippen molar-refractivity contribution in [3.63, 3.8) is 0 Å². The predicted octanol–water partition coefficient (Wildman–Crippen LogP) is 5.52. The maximum atomic E-state index is 12.8. The minimum Gasteiger partial charge on any atom is -0.267 e. The minimum absolute atomic E-state index is 0.239. The molecule has 0 N–H and O–H groups in total. The van der Waals surface area contributed by atoms with Gasteiger partial charge >= 0.3 is 0 Å². The number of carbonyl (C=O) groups excluding carboxylic acids is 1. The van der Waals surface area contributed by atoms with Gasteiger partial charge in [0.2, 0.25) is 0 Å². The van der Waals surface area contributed by atoms with Crippen molar-refractivity contribution in [3.8, 4) is 0 Å². The van der Waals surface area contributed by atoms with Gasteiger partial charge in [-0.15, -0.1) is 0 Å². The van der Waals surface area contributed by atoms with Gasteiger partial charge in [0.25, 0.3) is 5.91 Å². The van der Waals surface area contributed by atoms with Gasteiger partial charge in [-0.2, -0.15) is 0 Å². The van der Waals surface area contributed by atoms with Crippen molar-refractivity contribution in [1.29, 1.82) is 0 Å². The predicted molar refractivity (Wildman–Crippen MR) is 107 cm³/mol. The van der Waals surface area contributed by atoms with Crippen LogP contribution < -0.4 is 0 Å². The van der Waals surface area contributed by atoms with Crippen LogP contribution in [0.4, 0.5) is 0 Å². The van der Waals surface area contributed by atoms with E-state index in [0.717, 1.165) is 21.9 Å². The summed E-state index contributed by atoms with van der Waals surface area (Å²) in [4.78, 5) is 17.3. The Balaban J connectivity index is 1.92. The molecule has 1 amide bonds. The summed E-state index contributed by atoms with van der Waals surface area (Å²) >= 11 is 0. The van der Waals surface area contributed by atoms with Crippen molar-refractivity contribution in [2.75, 3.05) is 0 Å². The Hall–Kier alpha value is -3.52. The van der Waals surface area contributed by atoms with E-state index in [9.17, 15) is 4.79 Å². The summed E-state index contributed by atoms with van der Waals surface area (Å²) in [5, 5.41) is 2.21. The quantitative estimate of drug-likeness (QED) is 0.453. The first kappa shape index (κ1) is 16.0. The fraction of sp³-hybridized carbons (Fsp3) is 0. The molecule has 124 valence electrons. The number of amides is 1. The first-order chi connectivity index (χ1) is 12.8. The smallest absolute Gasteiger partial charge is 0.267 e. The van der Waals surface area contributed by atoms with Gasteiger partial charge in [-0.3, -0.25) is 4.79 Å². The number of carbonyl (C=O) groups is 1. The monoisotopic (exact) mass is 335 g/mol. The Kier molecular flexibility index (Phi) is 4.40. The first-order valence-electron chi connectivity index (χ1n) is 8.54. The lowest BCUT2D eigenvalue weighted by Crippen LogP contribution is -2.08. The van der Waals surface area contributed by atoms with E-state index in [2.05, 4.69) is 23.2 Å². The van der Waals surface area contributed by atoms with Crippen LogP contribution in [-0.4, -0.2) is 11.6 Å². The third kappa shape index (κ3) is 3.17. The Morgan fingerprint density at radius 2 is 1.15 bits per heavy atom. The van der Waals surface area contributed by atoms with Gasteiger partial charge in [0.15, 0.2) is 0 Å². The topological polar surface area (TPSA) is 29.4 Å². The zero-order valence-corrected chi connectivity index (χ0v) is 14.2. The third-order valence-electron chi connectivity index (χ3n) is 4.33. The lowest BCUT2D eigenvalue weighted by Gasteiger charge is -2.10. The molecule has 0 spiro atoms. The Bertz CT molecular complexity index is 1080. The van der Waals surface area contributed by atoms with Crippen LogP contribution in [-0.2, 0) is 0 Å². The summed E-state index contributed by atoms with van der Waals surface area (Å²) in [6.07, 6.45) is 0. The molecular formula is C24H17NO. The van der Waals surface area contributed by atoms with Gasteiger partial charge in [0.1, 0.15) is 0 Å². The van der Waals surface area contributed by atoms with Gasteiger partial charge in [0.05, 0.1) is 5.71 Å². The maximum Gasteiger partial charge on any atom is 0.277 e. The zero-order valence-electron chi connectivity index (χ0n) is 14.2. The number of rotatable bonds is 3. The second-order valence-corrected chi connectivity index (χ2v) is 6.02. The fourth-order valence-electron chi connectivity index (χ4n) is 3.06. The number of benzene rings is 4. The molecule has 0 heterocycles. The molecule has 0 radical (unpaired) electrons. The molecule has 0 aliphatic rings. The van der Waals surface area contributed by atoms with E-state index >= 15 is 0 Å². The Morgan fingerprint density at radius 1 is 0.577 bits per heavy atom. The van der Waals surface area contributed by atoms with Crippen molar-refractivity contribution in [2.45, 2.75) is 0 Å². The zero-order chi connectivity index (χ0) is 17.8. The molecule has 0 saturated carbocycles. The molecule has 26 heavy (non-hydrogen) atoms. The second-order valence-electron chi connectivity index (χ2n) is 6.02. The largest absolute Gasteiger partial charge is 0.277 e. The van der Waals surface area contributed by atoms with E-state index in [1.54, 1.807) is 12.1 Å². The number of nitrogens with zero attached hydrogens (tertiary/aromatic N) is 1. The minimum atomic E-state index is -0.239. The highest BCUT2D eigenvalue weighted by atomic mass is 16.1. The number of hydrogen-bond acceptors (Lipinski definition) is 1. The van der Waals surface area contributed by atoms with Crippen LogP contribution in [0.1, 0.15) is 21.5 Å². The van der Waals surface area contributed by atoms with E-state index in [0.29, 0.717) is 11.3 Å². The van der Waals surface area contributed by atoms with Gasteiger partial charge in [-0.05, 0) is 22.9 Å². The molecule has 0 bridgehead atoms. The maximum absolute atomic E-state index is 12.8. The fourth-order valence-corrected chi connectivity index (χ4v) is 3.06. The summed E-state index contributed by atoms with van der Waals surface area (Å²) in [6, 6.07) is 33.3. The van der Waals surface area contributed by atoms with Crippen molar-refractivity contribution in [3.05, 3.63) is 120 Å².